The first-order valence-electron chi connectivity index (χ1n) is 7.75. The van der Waals surface area contributed by atoms with Crippen molar-refractivity contribution >= 4 is 28.8 Å². The highest BCUT2D eigenvalue weighted by atomic mass is 35.5. The van der Waals surface area contributed by atoms with E-state index >= 15 is 0 Å². The molecule has 0 aromatic heterocycles. The van der Waals surface area contributed by atoms with E-state index in [1.54, 1.807) is 0 Å². The lowest BCUT2D eigenvalue weighted by molar-refractivity contribution is 0.789. The van der Waals surface area contributed by atoms with Crippen LogP contribution in [0.1, 0.15) is 5.56 Å². The zero-order valence-corrected chi connectivity index (χ0v) is 13.6. The molecule has 0 saturated heterocycles. The van der Waals surface area contributed by atoms with Gasteiger partial charge in [0.1, 0.15) is 5.82 Å². The molecule has 118 valence electrons. The highest BCUT2D eigenvalue weighted by Gasteiger charge is 2.11. The Hall–Kier alpha value is -2.91. The Morgan fingerprint density at radius 1 is 0.708 bits per heavy atom. The minimum Gasteiger partial charge on any atom is -0.340 e. The third-order valence-electron chi connectivity index (χ3n) is 3.93. The molecule has 0 radical (unpaired) electrons. The van der Waals surface area contributed by atoms with E-state index in [9.17, 15) is 0 Å². The van der Waals surface area contributed by atoms with Gasteiger partial charge in [-0.1, -0.05) is 72.3 Å². The van der Waals surface area contributed by atoms with Crippen LogP contribution >= 0.6 is 11.6 Å². The molecular weight excluding hydrogens is 318 g/mol. The Kier molecular flexibility index (Phi) is 3.85. The molecule has 4 heteroatoms. The van der Waals surface area contributed by atoms with Crippen LogP contribution in [0.4, 0.5) is 5.69 Å². The standard InChI is InChI=1S/C20H16ClN3/c21-15-9-6-10-16(13-15)22-20-18-12-5-4-11-17(18)19(23-24-20)14-7-2-1-3-8-14/h1-13,22-24H. The van der Waals surface area contributed by atoms with Crippen LogP contribution in [0.25, 0.3) is 11.5 Å². The lowest BCUT2D eigenvalue weighted by Gasteiger charge is -2.22. The van der Waals surface area contributed by atoms with Gasteiger partial charge in [0.25, 0.3) is 0 Å². The van der Waals surface area contributed by atoms with Gasteiger partial charge in [-0.3, -0.25) is 10.9 Å². The van der Waals surface area contributed by atoms with Crippen molar-refractivity contribution in [3.63, 3.8) is 0 Å². The Labute approximate surface area is 145 Å². The van der Waals surface area contributed by atoms with Gasteiger partial charge in [0.15, 0.2) is 0 Å². The molecule has 0 spiro atoms. The number of fused-ring (bicyclic) bond motifs is 1. The minimum absolute atomic E-state index is 0.703. The van der Waals surface area contributed by atoms with Gasteiger partial charge in [-0.15, -0.1) is 0 Å². The number of hydrogen-bond acceptors (Lipinski definition) is 3. The first-order chi connectivity index (χ1) is 11.8. The molecule has 4 rings (SSSR count). The molecule has 0 atom stereocenters. The molecule has 1 aliphatic rings. The smallest absolute Gasteiger partial charge is 0.130 e. The number of halogens is 1. The summed E-state index contributed by atoms with van der Waals surface area (Å²) in [6, 6.07) is 26.2. The number of benzene rings is 3. The lowest BCUT2D eigenvalue weighted by atomic mass is 10.1. The van der Waals surface area contributed by atoms with Gasteiger partial charge in [-0.05, 0) is 18.2 Å². The molecule has 3 nitrogen and oxygen atoms in total. The van der Waals surface area contributed by atoms with E-state index in [1.807, 2.05) is 54.6 Å². The SMILES string of the molecule is Clc1cccc(NC2=c3ccccc3=C(c3ccccc3)NN2)c1. The van der Waals surface area contributed by atoms with Gasteiger partial charge >= 0.3 is 0 Å². The predicted octanol–water partition coefficient (Wildman–Crippen LogP) is 2.78. The van der Waals surface area contributed by atoms with Crippen LogP contribution in [0.15, 0.2) is 78.9 Å². The fourth-order valence-corrected chi connectivity index (χ4v) is 3.01. The summed E-state index contributed by atoms with van der Waals surface area (Å²) in [5, 5.41) is 6.35. The summed E-state index contributed by atoms with van der Waals surface area (Å²) in [5.74, 6) is 0.896. The molecule has 0 bridgehead atoms. The molecule has 3 N–H and O–H groups in total. The molecule has 1 aliphatic heterocycles. The van der Waals surface area contributed by atoms with Crippen LogP contribution in [0.5, 0.6) is 0 Å². The summed E-state index contributed by atoms with van der Waals surface area (Å²) in [6.07, 6.45) is 0. The number of nitrogens with one attached hydrogen (secondary N) is 3. The van der Waals surface area contributed by atoms with E-state index in [1.165, 1.54) is 0 Å². The highest BCUT2D eigenvalue weighted by molar-refractivity contribution is 6.30. The Morgan fingerprint density at radius 2 is 1.46 bits per heavy atom. The summed E-state index contributed by atoms with van der Waals surface area (Å²) >= 11 is 6.08. The molecule has 0 fully saturated rings. The fraction of sp³-hybridized carbons (Fsp3) is 0. The molecule has 0 aliphatic carbocycles. The lowest BCUT2D eigenvalue weighted by Crippen LogP contribution is -2.49. The largest absolute Gasteiger partial charge is 0.340 e. The van der Waals surface area contributed by atoms with Crippen molar-refractivity contribution in [2.24, 2.45) is 0 Å². The van der Waals surface area contributed by atoms with Gasteiger partial charge in [0, 0.05) is 26.7 Å². The molecule has 1 heterocycles. The molecule has 24 heavy (non-hydrogen) atoms. The summed E-state index contributed by atoms with van der Waals surface area (Å²) < 4.78 is 0. The Morgan fingerprint density at radius 3 is 2.25 bits per heavy atom. The van der Waals surface area contributed by atoms with E-state index in [4.69, 9.17) is 11.6 Å². The summed E-state index contributed by atoms with van der Waals surface area (Å²) in [5.41, 5.74) is 9.71. The number of hydrazine groups is 1. The van der Waals surface area contributed by atoms with Crippen molar-refractivity contribution in [1.82, 2.24) is 10.9 Å². The van der Waals surface area contributed by atoms with Crippen LogP contribution in [0, 0.1) is 0 Å². The highest BCUT2D eigenvalue weighted by Crippen LogP contribution is 2.16. The third-order valence-corrected chi connectivity index (χ3v) is 4.17. The first kappa shape index (κ1) is 14.7. The first-order valence-corrected chi connectivity index (χ1v) is 8.13. The van der Waals surface area contributed by atoms with Gasteiger partial charge in [-0.2, -0.15) is 0 Å². The monoisotopic (exact) mass is 333 g/mol. The molecule has 3 aromatic carbocycles. The van der Waals surface area contributed by atoms with Crippen molar-refractivity contribution < 1.29 is 0 Å². The van der Waals surface area contributed by atoms with E-state index < -0.39 is 0 Å². The maximum Gasteiger partial charge on any atom is 0.130 e. The Balaban J connectivity index is 1.88. The van der Waals surface area contributed by atoms with Crippen molar-refractivity contribution in [3.05, 3.63) is 99.9 Å². The average molecular weight is 334 g/mol. The molecule has 0 unspecified atom stereocenters. The predicted molar refractivity (Wildman–Crippen MR) is 99.4 cm³/mol. The maximum atomic E-state index is 6.08. The van der Waals surface area contributed by atoms with Crippen molar-refractivity contribution in [2.45, 2.75) is 0 Å². The number of anilines is 1. The second kappa shape index (κ2) is 6.30. The van der Waals surface area contributed by atoms with Crippen LogP contribution < -0.4 is 26.6 Å². The van der Waals surface area contributed by atoms with Crippen molar-refractivity contribution in [2.75, 3.05) is 5.32 Å². The fourth-order valence-electron chi connectivity index (χ4n) is 2.82. The summed E-state index contributed by atoms with van der Waals surface area (Å²) in [7, 11) is 0. The zero-order chi connectivity index (χ0) is 16.4. The van der Waals surface area contributed by atoms with E-state index in [0.29, 0.717) is 5.02 Å². The van der Waals surface area contributed by atoms with Crippen LogP contribution in [-0.4, -0.2) is 0 Å². The quantitative estimate of drug-likeness (QED) is 0.690. The minimum atomic E-state index is 0.703. The van der Waals surface area contributed by atoms with Gasteiger partial charge in [-0.25, -0.2) is 0 Å². The number of hydrogen-bond donors (Lipinski definition) is 3. The second-order valence-electron chi connectivity index (χ2n) is 5.55. The Bertz CT molecular complexity index is 997. The number of rotatable bonds is 3. The van der Waals surface area contributed by atoms with E-state index in [2.05, 4.69) is 40.4 Å². The molecule has 3 aromatic rings. The van der Waals surface area contributed by atoms with Crippen LogP contribution in [0.3, 0.4) is 0 Å². The zero-order valence-electron chi connectivity index (χ0n) is 12.9. The van der Waals surface area contributed by atoms with E-state index in [0.717, 1.165) is 33.2 Å². The third kappa shape index (κ3) is 2.82. The second-order valence-corrected chi connectivity index (χ2v) is 5.98. The normalized spacial score (nSPS) is 12.9. The van der Waals surface area contributed by atoms with Gasteiger partial charge in [0.05, 0.1) is 5.70 Å². The molecule has 0 saturated carbocycles. The van der Waals surface area contributed by atoms with Gasteiger partial charge in [0.2, 0.25) is 0 Å². The van der Waals surface area contributed by atoms with Crippen LogP contribution in [0.2, 0.25) is 5.02 Å². The summed E-state index contributed by atoms with van der Waals surface area (Å²) in [4.78, 5) is 0. The summed E-state index contributed by atoms with van der Waals surface area (Å²) in [6.45, 7) is 0. The maximum absolute atomic E-state index is 6.08. The van der Waals surface area contributed by atoms with Crippen molar-refractivity contribution in [1.29, 1.82) is 0 Å². The average Bonchev–Trinajstić information content (AvgIpc) is 2.63. The van der Waals surface area contributed by atoms with E-state index in [-0.39, 0.29) is 0 Å². The van der Waals surface area contributed by atoms with Gasteiger partial charge < -0.3 is 5.32 Å². The van der Waals surface area contributed by atoms with Crippen molar-refractivity contribution in [3.8, 4) is 0 Å². The topological polar surface area (TPSA) is 36.1 Å². The molecule has 0 amide bonds. The van der Waals surface area contributed by atoms with Crippen LogP contribution in [-0.2, 0) is 0 Å². The molecular formula is C20H16ClN3.